The molecule has 1 unspecified atom stereocenters. The van der Waals surface area contributed by atoms with E-state index in [2.05, 4.69) is 10.2 Å². The Morgan fingerprint density at radius 1 is 1.43 bits per heavy atom. The van der Waals surface area contributed by atoms with Crippen LogP contribution in [0.25, 0.3) is 0 Å². The SMILES string of the molecule is CCOC(=O)C(c1c(Cl)cccc1OC)N1CCNCC1. The molecule has 1 N–H and O–H groups in total. The van der Waals surface area contributed by atoms with Crippen molar-refractivity contribution in [1.82, 2.24) is 10.2 Å². The van der Waals surface area contributed by atoms with Gasteiger partial charge in [0.2, 0.25) is 0 Å². The molecule has 0 spiro atoms. The third kappa shape index (κ3) is 3.67. The predicted octanol–water partition coefficient (Wildman–Crippen LogP) is 1.86. The van der Waals surface area contributed by atoms with Crippen molar-refractivity contribution in [1.29, 1.82) is 0 Å². The summed E-state index contributed by atoms with van der Waals surface area (Å²) in [6.45, 7) is 5.34. The molecule has 21 heavy (non-hydrogen) atoms. The number of carbonyl (C=O) groups is 1. The number of piperazine rings is 1. The van der Waals surface area contributed by atoms with Gasteiger partial charge in [-0.1, -0.05) is 17.7 Å². The number of carbonyl (C=O) groups excluding carboxylic acids is 1. The first-order chi connectivity index (χ1) is 10.2. The average Bonchev–Trinajstić information content (AvgIpc) is 2.50. The number of hydrogen-bond acceptors (Lipinski definition) is 5. The van der Waals surface area contributed by atoms with Gasteiger partial charge in [-0.2, -0.15) is 0 Å². The maximum atomic E-state index is 12.5. The lowest BCUT2D eigenvalue weighted by molar-refractivity contribution is -0.150. The van der Waals surface area contributed by atoms with Crippen molar-refractivity contribution in [2.45, 2.75) is 13.0 Å². The van der Waals surface area contributed by atoms with E-state index in [1.54, 1.807) is 20.1 Å². The molecule has 1 aromatic carbocycles. The lowest BCUT2D eigenvalue weighted by atomic mass is 10.0. The number of nitrogens with one attached hydrogen (secondary N) is 1. The quantitative estimate of drug-likeness (QED) is 0.841. The van der Waals surface area contributed by atoms with Crippen molar-refractivity contribution in [2.75, 3.05) is 39.9 Å². The molecular formula is C15H21ClN2O3. The summed E-state index contributed by atoms with van der Waals surface area (Å²) >= 11 is 6.34. The van der Waals surface area contributed by atoms with Gasteiger partial charge in [0.15, 0.2) is 0 Å². The molecule has 0 aliphatic carbocycles. The number of hydrogen-bond donors (Lipinski definition) is 1. The Kier molecular flexibility index (Phi) is 5.85. The number of methoxy groups -OCH3 is 1. The molecule has 0 bridgehead atoms. The maximum Gasteiger partial charge on any atom is 0.328 e. The first-order valence-electron chi connectivity index (χ1n) is 7.12. The van der Waals surface area contributed by atoms with Gasteiger partial charge in [0.25, 0.3) is 0 Å². The van der Waals surface area contributed by atoms with Crippen molar-refractivity contribution in [3.63, 3.8) is 0 Å². The van der Waals surface area contributed by atoms with Crippen molar-refractivity contribution in [3.8, 4) is 5.75 Å². The zero-order chi connectivity index (χ0) is 15.2. The molecule has 0 amide bonds. The minimum Gasteiger partial charge on any atom is -0.496 e. The smallest absolute Gasteiger partial charge is 0.328 e. The van der Waals surface area contributed by atoms with E-state index in [4.69, 9.17) is 21.1 Å². The van der Waals surface area contributed by atoms with Crippen LogP contribution in [0.1, 0.15) is 18.5 Å². The summed E-state index contributed by atoms with van der Waals surface area (Å²) in [6.07, 6.45) is 0. The monoisotopic (exact) mass is 312 g/mol. The van der Waals surface area contributed by atoms with Gasteiger partial charge in [-0.3, -0.25) is 4.90 Å². The summed E-state index contributed by atoms with van der Waals surface area (Å²) in [5, 5.41) is 3.80. The van der Waals surface area contributed by atoms with E-state index in [-0.39, 0.29) is 5.97 Å². The molecule has 2 rings (SSSR count). The highest BCUT2D eigenvalue weighted by molar-refractivity contribution is 6.31. The second-order valence-electron chi connectivity index (χ2n) is 4.80. The first kappa shape index (κ1) is 16.1. The van der Waals surface area contributed by atoms with E-state index in [1.165, 1.54) is 0 Å². The molecule has 1 aliphatic heterocycles. The second kappa shape index (κ2) is 7.64. The van der Waals surface area contributed by atoms with Crippen LogP contribution >= 0.6 is 11.6 Å². The van der Waals surface area contributed by atoms with Gasteiger partial charge < -0.3 is 14.8 Å². The molecule has 1 atom stereocenters. The Labute approximate surface area is 130 Å². The summed E-state index contributed by atoms with van der Waals surface area (Å²) in [4.78, 5) is 14.5. The Hall–Kier alpha value is -1.30. The van der Waals surface area contributed by atoms with Crippen LogP contribution in [0.5, 0.6) is 5.75 Å². The van der Waals surface area contributed by atoms with Crippen LogP contribution in [0.3, 0.4) is 0 Å². The number of esters is 1. The van der Waals surface area contributed by atoms with Crippen molar-refractivity contribution < 1.29 is 14.3 Å². The molecule has 1 saturated heterocycles. The van der Waals surface area contributed by atoms with Crippen LogP contribution in [0.4, 0.5) is 0 Å². The van der Waals surface area contributed by atoms with E-state index >= 15 is 0 Å². The van der Waals surface area contributed by atoms with Gasteiger partial charge in [-0.05, 0) is 19.1 Å². The van der Waals surface area contributed by atoms with E-state index in [1.807, 2.05) is 12.1 Å². The molecule has 116 valence electrons. The fraction of sp³-hybridized carbons (Fsp3) is 0.533. The molecule has 0 saturated carbocycles. The fourth-order valence-electron chi connectivity index (χ4n) is 2.57. The minimum atomic E-state index is -0.532. The van der Waals surface area contributed by atoms with Crippen LogP contribution < -0.4 is 10.1 Å². The number of nitrogens with zero attached hydrogens (tertiary/aromatic N) is 1. The second-order valence-corrected chi connectivity index (χ2v) is 5.20. The van der Waals surface area contributed by atoms with E-state index < -0.39 is 6.04 Å². The standard InChI is InChI=1S/C15H21ClN2O3/c1-3-21-15(19)14(18-9-7-17-8-10-18)13-11(16)5-4-6-12(13)20-2/h4-6,14,17H,3,7-10H2,1-2H3. The van der Waals surface area contributed by atoms with Crippen LogP contribution in [0.15, 0.2) is 18.2 Å². The number of benzene rings is 1. The number of halogens is 1. The van der Waals surface area contributed by atoms with Gasteiger partial charge >= 0.3 is 5.97 Å². The topological polar surface area (TPSA) is 50.8 Å². The maximum absolute atomic E-state index is 12.5. The molecule has 1 fully saturated rings. The zero-order valence-corrected chi connectivity index (χ0v) is 13.2. The summed E-state index contributed by atoms with van der Waals surface area (Å²) in [7, 11) is 1.58. The molecule has 0 aromatic heterocycles. The lowest BCUT2D eigenvalue weighted by Crippen LogP contribution is -2.47. The van der Waals surface area contributed by atoms with E-state index in [0.717, 1.165) is 26.2 Å². The fourth-order valence-corrected chi connectivity index (χ4v) is 2.84. The molecule has 0 radical (unpaired) electrons. The number of ether oxygens (including phenoxy) is 2. The van der Waals surface area contributed by atoms with E-state index in [9.17, 15) is 4.79 Å². The van der Waals surface area contributed by atoms with Crippen LogP contribution in [-0.2, 0) is 9.53 Å². The third-order valence-corrected chi connectivity index (χ3v) is 3.86. The summed E-state index contributed by atoms with van der Waals surface area (Å²) < 4.78 is 10.6. The number of rotatable bonds is 5. The molecule has 5 nitrogen and oxygen atoms in total. The highest BCUT2D eigenvalue weighted by atomic mass is 35.5. The van der Waals surface area contributed by atoms with Crippen molar-refractivity contribution in [3.05, 3.63) is 28.8 Å². The van der Waals surface area contributed by atoms with Crippen LogP contribution in [0, 0.1) is 0 Å². The van der Waals surface area contributed by atoms with E-state index in [0.29, 0.717) is 22.9 Å². The van der Waals surface area contributed by atoms with Crippen LogP contribution in [0.2, 0.25) is 5.02 Å². The van der Waals surface area contributed by atoms with Crippen molar-refractivity contribution in [2.24, 2.45) is 0 Å². The molecule has 1 aromatic rings. The minimum absolute atomic E-state index is 0.286. The summed E-state index contributed by atoms with van der Waals surface area (Å²) in [5.74, 6) is 0.324. The van der Waals surface area contributed by atoms with Gasteiger partial charge in [0.05, 0.1) is 13.7 Å². The molecule has 1 aliphatic rings. The average molecular weight is 313 g/mol. The predicted molar refractivity (Wildman–Crippen MR) is 81.8 cm³/mol. The first-order valence-corrected chi connectivity index (χ1v) is 7.50. The zero-order valence-electron chi connectivity index (χ0n) is 12.4. The molecule has 6 heteroatoms. The van der Waals surface area contributed by atoms with Crippen molar-refractivity contribution >= 4 is 17.6 Å². The molecular weight excluding hydrogens is 292 g/mol. The summed E-state index contributed by atoms with van der Waals surface area (Å²) in [5.41, 5.74) is 0.682. The van der Waals surface area contributed by atoms with Crippen LogP contribution in [-0.4, -0.2) is 50.8 Å². The summed E-state index contributed by atoms with van der Waals surface area (Å²) in [6, 6.07) is 4.87. The molecule has 1 heterocycles. The Morgan fingerprint density at radius 2 is 2.14 bits per heavy atom. The largest absolute Gasteiger partial charge is 0.496 e. The van der Waals surface area contributed by atoms with Gasteiger partial charge in [0.1, 0.15) is 11.8 Å². The highest BCUT2D eigenvalue weighted by Gasteiger charge is 2.33. The van der Waals surface area contributed by atoms with Gasteiger partial charge in [0, 0.05) is 36.8 Å². The lowest BCUT2D eigenvalue weighted by Gasteiger charge is -2.34. The van der Waals surface area contributed by atoms with Gasteiger partial charge in [-0.15, -0.1) is 0 Å². The Bertz CT molecular complexity index is 490. The Balaban J connectivity index is 2.41. The third-order valence-electron chi connectivity index (χ3n) is 3.53. The normalized spacial score (nSPS) is 17.3. The highest BCUT2D eigenvalue weighted by Crippen LogP contribution is 2.36. The van der Waals surface area contributed by atoms with Gasteiger partial charge in [-0.25, -0.2) is 4.79 Å². The Morgan fingerprint density at radius 3 is 2.76 bits per heavy atom.